The van der Waals surface area contributed by atoms with E-state index in [1.54, 1.807) is 36.4 Å². The smallest absolute Gasteiger partial charge is 0.266 e. The number of carbonyl (C=O) groups is 1. The second-order valence-electron chi connectivity index (χ2n) is 5.00. The fourth-order valence-electron chi connectivity index (χ4n) is 2.10. The molecule has 26 heavy (non-hydrogen) atoms. The molecule has 0 bridgehead atoms. The maximum atomic E-state index is 12.4. The van der Waals surface area contributed by atoms with Crippen LogP contribution in [-0.4, -0.2) is 19.6 Å². The highest BCUT2D eigenvalue weighted by Gasteiger charge is 2.12. The van der Waals surface area contributed by atoms with E-state index in [-0.39, 0.29) is 12.2 Å². The maximum absolute atomic E-state index is 12.4. The van der Waals surface area contributed by atoms with Crippen LogP contribution in [0.4, 0.5) is 5.69 Å². The monoisotopic (exact) mass is 366 g/mol. The van der Waals surface area contributed by atoms with Gasteiger partial charge in [0.1, 0.15) is 29.7 Å². The number of halogens is 1. The number of ether oxygens (including phenoxy) is 2. The SMILES string of the molecule is C#CCOc1ccccc1/C=C(\C#N)C(=O)Nc1ccc(OC)c(Cl)c1. The Morgan fingerprint density at radius 3 is 2.73 bits per heavy atom. The first-order valence-corrected chi connectivity index (χ1v) is 7.88. The molecule has 0 aliphatic carbocycles. The van der Waals surface area contributed by atoms with Crippen LogP contribution >= 0.6 is 11.6 Å². The first kappa shape index (κ1) is 18.9. The van der Waals surface area contributed by atoms with Gasteiger partial charge in [0.2, 0.25) is 0 Å². The number of carbonyl (C=O) groups excluding carboxylic acids is 1. The number of benzene rings is 2. The zero-order valence-corrected chi connectivity index (χ0v) is 14.7. The van der Waals surface area contributed by atoms with Crippen molar-refractivity contribution in [2.24, 2.45) is 0 Å². The minimum absolute atomic E-state index is 0.0866. The molecule has 0 radical (unpaired) electrons. The molecule has 5 nitrogen and oxygen atoms in total. The molecule has 0 unspecified atom stereocenters. The lowest BCUT2D eigenvalue weighted by Gasteiger charge is -2.09. The number of para-hydroxylation sites is 1. The van der Waals surface area contributed by atoms with E-state index >= 15 is 0 Å². The summed E-state index contributed by atoms with van der Waals surface area (Å²) < 4.78 is 10.5. The molecule has 0 atom stereocenters. The van der Waals surface area contributed by atoms with Crippen molar-refractivity contribution < 1.29 is 14.3 Å². The Labute approximate surface area is 156 Å². The Balaban J connectivity index is 2.24. The van der Waals surface area contributed by atoms with Crippen LogP contribution in [0.1, 0.15) is 5.56 Å². The summed E-state index contributed by atoms with van der Waals surface area (Å²) in [5.41, 5.74) is 0.926. The number of hydrogen-bond donors (Lipinski definition) is 1. The maximum Gasteiger partial charge on any atom is 0.266 e. The quantitative estimate of drug-likeness (QED) is 0.478. The number of nitriles is 1. The Morgan fingerprint density at radius 2 is 2.08 bits per heavy atom. The Morgan fingerprint density at radius 1 is 1.31 bits per heavy atom. The summed E-state index contributed by atoms with van der Waals surface area (Å²) in [5, 5.41) is 12.3. The van der Waals surface area contributed by atoms with E-state index in [0.29, 0.717) is 27.8 Å². The van der Waals surface area contributed by atoms with Gasteiger partial charge in [-0.1, -0.05) is 35.7 Å². The Bertz CT molecular complexity index is 923. The van der Waals surface area contributed by atoms with Crippen LogP contribution in [0.3, 0.4) is 0 Å². The van der Waals surface area contributed by atoms with E-state index < -0.39 is 5.91 Å². The summed E-state index contributed by atoms with van der Waals surface area (Å²) in [7, 11) is 1.50. The van der Waals surface area contributed by atoms with E-state index in [1.165, 1.54) is 19.3 Å². The van der Waals surface area contributed by atoms with Crippen molar-refractivity contribution in [3.63, 3.8) is 0 Å². The van der Waals surface area contributed by atoms with Crippen molar-refractivity contribution in [2.45, 2.75) is 0 Å². The third-order valence-electron chi connectivity index (χ3n) is 3.30. The Kier molecular flexibility index (Phi) is 6.68. The van der Waals surface area contributed by atoms with Crippen LogP contribution in [0.25, 0.3) is 6.08 Å². The largest absolute Gasteiger partial charge is 0.495 e. The van der Waals surface area contributed by atoms with Crippen LogP contribution in [0, 0.1) is 23.7 Å². The normalized spacial score (nSPS) is 10.4. The molecule has 2 aromatic carbocycles. The van der Waals surface area contributed by atoms with Gasteiger partial charge in [-0.2, -0.15) is 5.26 Å². The molecule has 0 aliphatic heterocycles. The minimum Gasteiger partial charge on any atom is -0.495 e. The average molecular weight is 367 g/mol. The molecular formula is C20H15ClN2O3. The second kappa shape index (κ2) is 9.17. The summed E-state index contributed by atoms with van der Waals surface area (Å²) in [6.45, 7) is 0.0866. The number of nitrogens with one attached hydrogen (secondary N) is 1. The molecular weight excluding hydrogens is 352 g/mol. The van der Waals surface area contributed by atoms with Gasteiger partial charge < -0.3 is 14.8 Å². The van der Waals surface area contributed by atoms with Crippen molar-refractivity contribution in [3.8, 4) is 29.9 Å². The van der Waals surface area contributed by atoms with Crippen LogP contribution in [0.2, 0.25) is 5.02 Å². The fourth-order valence-corrected chi connectivity index (χ4v) is 2.35. The lowest BCUT2D eigenvalue weighted by molar-refractivity contribution is -0.112. The molecule has 2 aromatic rings. The van der Waals surface area contributed by atoms with Crippen LogP contribution < -0.4 is 14.8 Å². The lowest BCUT2D eigenvalue weighted by atomic mass is 10.1. The number of nitrogens with zero attached hydrogens (tertiary/aromatic N) is 1. The third-order valence-corrected chi connectivity index (χ3v) is 3.60. The molecule has 1 N–H and O–H groups in total. The minimum atomic E-state index is -0.569. The van der Waals surface area contributed by atoms with Crippen LogP contribution in [0.15, 0.2) is 48.0 Å². The zero-order valence-electron chi connectivity index (χ0n) is 14.0. The van der Waals surface area contributed by atoms with E-state index in [9.17, 15) is 10.1 Å². The highest BCUT2D eigenvalue weighted by molar-refractivity contribution is 6.32. The lowest BCUT2D eigenvalue weighted by Crippen LogP contribution is -2.13. The van der Waals surface area contributed by atoms with Gasteiger partial charge in [0, 0.05) is 11.3 Å². The number of terminal acetylenes is 1. The summed E-state index contributed by atoms with van der Waals surface area (Å²) >= 11 is 6.04. The van der Waals surface area contributed by atoms with Crippen molar-refractivity contribution in [2.75, 3.05) is 19.0 Å². The van der Waals surface area contributed by atoms with Gasteiger partial charge in [-0.25, -0.2) is 0 Å². The van der Waals surface area contributed by atoms with Gasteiger partial charge in [0.05, 0.1) is 12.1 Å². The molecule has 0 aliphatic rings. The van der Waals surface area contributed by atoms with Crippen molar-refractivity contribution >= 4 is 29.3 Å². The van der Waals surface area contributed by atoms with Crippen molar-refractivity contribution in [1.82, 2.24) is 0 Å². The summed E-state index contributed by atoms with van der Waals surface area (Å²) in [4.78, 5) is 12.4. The molecule has 130 valence electrons. The van der Waals surface area contributed by atoms with Gasteiger partial charge in [-0.05, 0) is 30.3 Å². The van der Waals surface area contributed by atoms with E-state index in [1.807, 2.05) is 6.07 Å². The average Bonchev–Trinajstić information content (AvgIpc) is 2.65. The van der Waals surface area contributed by atoms with E-state index in [0.717, 1.165) is 0 Å². The number of methoxy groups -OCH3 is 1. The predicted octanol–water partition coefficient (Wildman–Crippen LogP) is 3.91. The third kappa shape index (κ3) is 4.80. The molecule has 0 spiro atoms. The second-order valence-corrected chi connectivity index (χ2v) is 5.41. The fraction of sp³-hybridized carbons (Fsp3) is 0.100. The van der Waals surface area contributed by atoms with Crippen molar-refractivity contribution in [3.05, 3.63) is 58.6 Å². The first-order chi connectivity index (χ1) is 12.6. The van der Waals surface area contributed by atoms with Crippen molar-refractivity contribution in [1.29, 1.82) is 5.26 Å². The molecule has 6 heteroatoms. The number of hydrogen-bond acceptors (Lipinski definition) is 4. The van der Waals surface area contributed by atoms with Crippen LogP contribution in [-0.2, 0) is 4.79 Å². The summed E-state index contributed by atoms with van der Waals surface area (Å²) in [5.74, 6) is 2.77. The Hall–Kier alpha value is -3.41. The molecule has 0 heterocycles. The topological polar surface area (TPSA) is 71.3 Å². The standard InChI is InChI=1S/C20H15ClN2O3/c1-3-10-26-18-7-5-4-6-14(18)11-15(13-22)20(24)23-16-8-9-19(25-2)17(21)12-16/h1,4-9,11-12H,10H2,2H3,(H,23,24)/b15-11+. The highest BCUT2D eigenvalue weighted by atomic mass is 35.5. The van der Waals surface area contributed by atoms with Gasteiger partial charge >= 0.3 is 0 Å². The molecule has 0 saturated carbocycles. The molecule has 0 fully saturated rings. The summed E-state index contributed by atoms with van der Waals surface area (Å²) in [6, 6.07) is 13.6. The number of amides is 1. The molecule has 2 rings (SSSR count). The number of anilines is 1. The predicted molar refractivity (Wildman–Crippen MR) is 101 cm³/mol. The highest BCUT2D eigenvalue weighted by Crippen LogP contribution is 2.27. The molecule has 0 saturated heterocycles. The van der Waals surface area contributed by atoms with Gasteiger partial charge in [-0.3, -0.25) is 4.79 Å². The van der Waals surface area contributed by atoms with Gasteiger partial charge in [0.25, 0.3) is 5.91 Å². The van der Waals surface area contributed by atoms with E-state index in [4.69, 9.17) is 27.5 Å². The van der Waals surface area contributed by atoms with Gasteiger partial charge in [0.15, 0.2) is 0 Å². The zero-order chi connectivity index (χ0) is 18.9. The van der Waals surface area contributed by atoms with Crippen LogP contribution in [0.5, 0.6) is 11.5 Å². The van der Waals surface area contributed by atoms with Gasteiger partial charge in [-0.15, -0.1) is 6.42 Å². The molecule has 0 aromatic heterocycles. The molecule has 1 amide bonds. The number of rotatable bonds is 6. The summed E-state index contributed by atoms with van der Waals surface area (Å²) in [6.07, 6.45) is 6.63. The van der Waals surface area contributed by atoms with E-state index in [2.05, 4.69) is 11.2 Å². The first-order valence-electron chi connectivity index (χ1n) is 7.51.